The molecule has 1 aromatic carbocycles. The summed E-state index contributed by atoms with van der Waals surface area (Å²) in [6, 6.07) is 6.64. The zero-order chi connectivity index (χ0) is 14.7. The van der Waals surface area contributed by atoms with Gasteiger partial charge in [-0.05, 0) is 46.6 Å². The Labute approximate surface area is 125 Å². The molecule has 2 N–H and O–H groups in total. The summed E-state index contributed by atoms with van der Waals surface area (Å²) in [4.78, 5) is 11.9. The molecule has 0 saturated carbocycles. The lowest BCUT2D eigenvalue weighted by Crippen LogP contribution is -2.08. The lowest BCUT2D eigenvalue weighted by atomic mass is 10.2. The number of carbonyl (C=O) groups is 1. The van der Waals surface area contributed by atoms with Gasteiger partial charge in [0.15, 0.2) is 0 Å². The molecule has 0 amide bonds. The van der Waals surface area contributed by atoms with E-state index in [0.29, 0.717) is 11.3 Å². The minimum atomic E-state index is -0.379. The number of rotatable bonds is 4. The number of halogens is 1. The second kappa shape index (κ2) is 6.09. The van der Waals surface area contributed by atoms with Gasteiger partial charge < -0.3 is 10.5 Å². The zero-order valence-corrected chi connectivity index (χ0v) is 13.0. The summed E-state index contributed by atoms with van der Waals surface area (Å²) in [5.74, 6) is -0.379. The fraction of sp³-hybridized carbons (Fsp3) is 0.286. The van der Waals surface area contributed by atoms with Crippen LogP contribution in [0.15, 0.2) is 28.7 Å². The summed E-state index contributed by atoms with van der Waals surface area (Å²) in [6.07, 6.45) is 0.820. The lowest BCUT2D eigenvalue weighted by molar-refractivity contribution is 0.0462. The van der Waals surface area contributed by atoms with Crippen LogP contribution in [0.3, 0.4) is 0 Å². The number of benzene rings is 1. The van der Waals surface area contributed by atoms with Gasteiger partial charge in [-0.25, -0.2) is 4.79 Å². The predicted octanol–water partition coefficient (Wildman–Crippen LogP) is 2.68. The molecule has 0 fully saturated rings. The maximum atomic E-state index is 11.9. The number of nitrogens with zero attached hydrogens (tertiary/aromatic N) is 2. The minimum absolute atomic E-state index is 0.174. The van der Waals surface area contributed by atoms with E-state index in [0.717, 1.165) is 22.3 Å². The predicted molar refractivity (Wildman–Crippen MR) is 80.3 cm³/mol. The highest BCUT2D eigenvalue weighted by Crippen LogP contribution is 2.22. The van der Waals surface area contributed by atoms with Crippen molar-refractivity contribution in [3.63, 3.8) is 0 Å². The van der Waals surface area contributed by atoms with Gasteiger partial charge >= 0.3 is 5.97 Å². The molecule has 2 aromatic rings. The molecule has 0 atom stereocenters. The Bertz CT molecular complexity index is 620. The number of aryl methyl sites for hydroxylation is 2. The second-order valence-electron chi connectivity index (χ2n) is 4.38. The molecule has 5 nitrogen and oxygen atoms in total. The van der Waals surface area contributed by atoms with Crippen molar-refractivity contribution in [1.82, 2.24) is 9.78 Å². The van der Waals surface area contributed by atoms with Gasteiger partial charge in [0.2, 0.25) is 0 Å². The van der Waals surface area contributed by atoms with E-state index in [1.807, 2.05) is 14.0 Å². The van der Waals surface area contributed by atoms with Gasteiger partial charge in [-0.1, -0.05) is 6.92 Å². The Hall–Kier alpha value is -1.82. The van der Waals surface area contributed by atoms with Crippen LogP contribution in [0.5, 0.6) is 0 Å². The van der Waals surface area contributed by atoms with Gasteiger partial charge in [-0.15, -0.1) is 0 Å². The van der Waals surface area contributed by atoms with Gasteiger partial charge in [-0.3, -0.25) is 4.68 Å². The quantitative estimate of drug-likeness (QED) is 0.687. The highest BCUT2D eigenvalue weighted by atomic mass is 79.9. The summed E-state index contributed by atoms with van der Waals surface area (Å²) in [5, 5.41) is 4.35. The third-order valence-corrected chi connectivity index (χ3v) is 3.90. The highest BCUT2D eigenvalue weighted by molar-refractivity contribution is 9.10. The van der Waals surface area contributed by atoms with E-state index in [1.54, 1.807) is 28.9 Å². The number of nitrogens with two attached hydrogens (primary N) is 1. The number of aromatic nitrogens is 2. The average molecular weight is 338 g/mol. The van der Waals surface area contributed by atoms with Crippen LogP contribution in [-0.2, 0) is 24.8 Å². The number of nitrogen functional groups attached to an aromatic ring is 1. The molecule has 20 heavy (non-hydrogen) atoms. The summed E-state index contributed by atoms with van der Waals surface area (Å²) in [5.41, 5.74) is 8.46. The Morgan fingerprint density at radius 3 is 2.60 bits per heavy atom. The van der Waals surface area contributed by atoms with Crippen LogP contribution in [0, 0.1) is 0 Å². The first-order valence-corrected chi connectivity index (χ1v) is 7.05. The third kappa shape index (κ3) is 3.01. The first kappa shape index (κ1) is 14.6. The van der Waals surface area contributed by atoms with Crippen LogP contribution in [0.25, 0.3) is 0 Å². The number of ether oxygens (including phenoxy) is 1. The fourth-order valence-electron chi connectivity index (χ4n) is 1.81. The molecule has 0 unspecified atom stereocenters. The van der Waals surface area contributed by atoms with Crippen LogP contribution in [0.2, 0.25) is 0 Å². The second-order valence-corrected chi connectivity index (χ2v) is 5.18. The molecule has 0 aliphatic rings. The molecule has 0 aliphatic carbocycles. The number of anilines is 1. The van der Waals surface area contributed by atoms with Crippen molar-refractivity contribution >= 4 is 27.6 Å². The van der Waals surface area contributed by atoms with Crippen molar-refractivity contribution in [3.05, 3.63) is 45.7 Å². The van der Waals surface area contributed by atoms with Gasteiger partial charge in [0.25, 0.3) is 0 Å². The molecule has 1 aromatic heterocycles. The Balaban J connectivity index is 2.07. The Morgan fingerprint density at radius 1 is 1.40 bits per heavy atom. The normalized spacial score (nSPS) is 10.6. The molecule has 0 saturated heterocycles. The average Bonchev–Trinajstić information content (AvgIpc) is 2.71. The summed E-state index contributed by atoms with van der Waals surface area (Å²) < 4.78 is 7.92. The molecule has 0 bridgehead atoms. The van der Waals surface area contributed by atoms with E-state index in [1.165, 1.54) is 0 Å². The third-order valence-electron chi connectivity index (χ3n) is 2.99. The standard InChI is InChI=1S/C14H16BrN3O2/c1-3-11-13(15)12(18(2)17-11)8-20-14(19)9-4-6-10(16)7-5-9/h4-7H,3,8,16H2,1-2H3. The molecule has 2 rings (SSSR count). The molecule has 1 heterocycles. The lowest BCUT2D eigenvalue weighted by Gasteiger charge is -2.06. The van der Waals surface area contributed by atoms with E-state index < -0.39 is 0 Å². The van der Waals surface area contributed by atoms with Gasteiger partial charge in [0, 0.05) is 12.7 Å². The van der Waals surface area contributed by atoms with Crippen LogP contribution < -0.4 is 5.73 Å². The monoisotopic (exact) mass is 337 g/mol. The number of hydrogen-bond acceptors (Lipinski definition) is 4. The van der Waals surface area contributed by atoms with Crippen LogP contribution in [0.1, 0.15) is 28.7 Å². The summed E-state index contributed by atoms with van der Waals surface area (Å²) in [6.45, 7) is 2.20. The number of esters is 1. The molecule has 6 heteroatoms. The van der Waals surface area contributed by atoms with Crippen molar-refractivity contribution in [1.29, 1.82) is 0 Å². The van der Waals surface area contributed by atoms with E-state index in [-0.39, 0.29) is 12.6 Å². The zero-order valence-electron chi connectivity index (χ0n) is 11.4. The maximum absolute atomic E-state index is 11.9. The minimum Gasteiger partial charge on any atom is -0.456 e. The van der Waals surface area contributed by atoms with Crippen molar-refractivity contribution in [2.75, 3.05) is 5.73 Å². The smallest absolute Gasteiger partial charge is 0.338 e. The molecular formula is C14H16BrN3O2. The Kier molecular flexibility index (Phi) is 4.44. The van der Waals surface area contributed by atoms with Crippen molar-refractivity contribution in [3.8, 4) is 0 Å². The molecule has 0 aliphatic heterocycles. The number of hydrogen-bond donors (Lipinski definition) is 1. The van der Waals surface area contributed by atoms with E-state index >= 15 is 0 Å². The van der Waals surface area contributed by atoms with Crippen LogP contribution >= 0.6 is 15.9 Å². The van der Waals surface area contributed by atoms with Gasteiger partial charge in [0.1, 0.15) is 6.61 Å². The first-order chi connectivity index (χ1) is 9.52. The van der Waals surface area contributed by atoms with Gasteiger partial charge in [0.05, 0.1) is 21.4 Å². The number of carbonyl (C=O) groups excluding carboxylic acids is 1. The van der Waals surface area contributed by atoms with Crippen molar-refractivity contribution in [2.24, 2.45) is 7.05 Å². The molecule has 0 spiro atoms. The maximum Gasteiger partial charge on any atom is 0.338 e. The van der Waals surface area contributed by atoms with Crippen molar-refractivity contribution < 1.29 is 9.53 Å². The van der Waals surface area contributed by atoms with E-state index in [9.17, 15) is 4.79 Å². The Morgan fingerprint density at radius 2 is 2.05 bits per heavy atom. The van der Waals surface area contributed by atoms with Crippen LogP contribution in [0.4, 0.5) is 5.69 Å². The van der Waals surface area contributed by atoms with E-state index in [4.69, 9.17) is 10.5 Å². The SMILES string of the molecule is CCc1nn(C)c(COC(=O)c2ccc(N)cc2)c1Br. The van der Waals surface area contributed by atoms with Crippen molar-refractivity contribution in [2.45, 2.75) is 20.0 Å². The van der Waals surface area contributed by atoms with E-state index in [2.05, 4.69) is 21.0 Å². The summed E-state index contributed by atoms with van der Waals surface area (Å²) >= 11 is 3.49. The highest BCUT2D eigenvalue weighted by Gasteiger charge is 2.15. The molecular weight excluding hydrogens is 322 g/mol. The largest absolute Gasteiger partial charge is 0.456 e. The van der Waals surface area contributed by atoms with Gasteiger partial charge in [-0.2, -0.15) is 5.10 Å². The first-order valence-electron chi connectivity index (χ1n) is 6.25. The summed E-state index contributed by atoms with van der Waals surface area (Å²) in [7, 11) is 1.83. The van der Waals surface area contributed by atoms with Crippen LogP contribution in [-0.4, -0.2) is 15.7 Å². The molecule has 106 valence electrons. The molecule has 0 radical (unpaired) electrons. The fourth-order valence-corrected chi connectivity index (χ4v) is 2.54. The topological polar surface area (TPSA) is 70.1 Å².